The number of rotatable bonds is 5. The van der Waals surface area contributed by atoms with E-state index in [1.165, 1.54) is 16.7 Å². The number of nitrogens with zero attached hydrogens (tertiary/aromatic N) is 2. The van der Waals surface area contributed by atoms with Crippen LogP contribution >= 0.6 is 0 Å². The summed E-state index contributed by atoms with van der Waals surface area (Å²) in [4.78, 5) is 4.30. The summed E-state index contributed by atoms with van der Waals surface area (Å²) in [6, 6.07) is 6.99. The van der Waals surface area contributed by atoms with Crippen LogP contribution in [-0.4, -0.2) is 16.1 Å². The first-order valence-corrected chi connectivity index (χ1v) is 6.90. The standard InChI is InChI=1S/C16H23N3/c1-5-17-16(11-19-9-8-18-14(19)4)15-10-12(2)6-7-13(15)3/h6-10,16-17H,5,11H2,1-4H3. The number of hydrogen-bond donors (Lipinski definition) is 1. The fraction of sp³-hybridized carbons (Fsp3) is 0.438. The summed E-state index contributed by atoms with van der Waals surface area (Å²) in [5.41, 5.74) is 4.04. The molecule has 0 aliphatic heterocycles. The summed E-state index contributed by atoms with van der Waals surface area (Å²) in [6.45, 7) is 10.4. The van der Waals surface area contributed by atoms with Gasteiger partial charge in [0.25, 0.3) is 0 Å². The van der Waals surface area contributed by atoms with Crippen LogP contribution in [0.4, 0.5) is 0 Å². The molecule has 1 aromatic heterocycles. The van der Waals surface area contributed by atoms with Crippen molar-refractivity contribution < 1.29 is 0 Å². The molecule has 0 fully saturated rings. The molecule has 1 heterocycles. The second-order valence-electron chi connectivity index (χ2n) is 5.10. The molecule has 0 saturated carbocycles. The molecule has 0 bridgehead atoms. The topological polar surface area (TPSA) is 29.9 Å². The number of benzene rings is 1. The summed E-state index contributed by atoms with van der Waals surface area (Å²) in [5, 5.41) is 3.58. The quantitative estimate of drug-likeness (QED) is 0.891. The van der Waals surface area contributed by atoms with Crippen molar-refractivity contribution in [2.45, 2.75) is 40.3 Å². The minimum Gasteiger partial charge on any atom is -0.333 e. The van der Waals surface area contributed by atoms with Crippen LogP contribution in [0.15, 0.2) is 30.6 Å². The van der Waals surface area contributed by atoms with Crippen molar-refractivity contribution in [1.82, 2.24) is 14.9 Å². The molecule has 0 saturated heterocycles. The summed E-state index contributed by atoms with van der Waals surface area (Å²) in [7, 11) is 0. The van der Waals surface area contributed by atoms with Gasteiger partial charge in [0.1, 0.15) is 5.82 Å². The lowest BCUT2D eigenvalue weighted by Crippen LogP contribution is -2.26. The number of aryl methyl sites for hydroxylation is 3. The van der Waals surface area contributed by atoms with Crippen LogP contribution < -0.4 is 5.32 Å². The van der Waals surface area contributed by atoms with E-state index < -0.39 is 0 Å². The van der Waals surface area contributed by atoms with Gasteiger partial charge < -0.3 is 9.88 Å². The fourth-order valence-electron chi connectivity index (χ4n) is 2.45. The smallest absolute Gasteiger partial charge is 0.105 e. The third kappa shape index (κ3) is 3.24. The van der Waals surface area contributed by atoms with Crippen LogP contribution in [0.3, 0.4) is 0 Å². The molecular weight excluding hydrogens is 234 g/mol. The molecule has 1 unspecified atom stereocenters. The van der Waals surface area contributed by atoms with Crippen molar-refractivity contribution in [2.75, 3.05) is 6.54 Å². The van der Waals surface area contributed by atoms with E-state index in [4.69, 9.17) is 0 Å². The van der Waals surface area contributed by atoms with Crippen LogP contribution in [0.1, 0.15) is 35.5 Å². The predicted octanol–water partition coefficient (Wildman–Crippen LogP) is 3.16. The Kier molecular flexibility index (Phi) is 4.38. The van der Waals surface area contributed by atoms with Crippen molar-refractivity contribution in [2.24, 2.45) is 0 Å². The maximum absolute atomic E-state index is 4.30. The monoisotopic (exact) mass is 257 g/mol. The van der Waals surface area contributed by atoms with Gasteiger partial charge in [-0.15, -0.1) is 0 Å². The fourth-order valence-corrected chi connectivity index (χ4v) is 2.45. The second-order valence-corrected chi connectivity index (χ2v) is 5.10. The summed E-state index contributed by atoms with van der Waals surface area (Å²) in [5.74, 6) is 1.06. The Hall–Kier alpha value is -1.61. The molecular formula is C16H23N3. The van der Waals surface area contributed by atoms with Crippen molar-refractivity contribution in [3.8, 4) is 0 Å². The Balaban J connectivity index is 2.29. The van der Waals surface area contributed by atoms with E-state index in [1.54, 1.807) is 0 Å². The van der Waals surface area contributed by atoms with Crippen molar-refractivity contribution in [3.63, 3.8) is 0 Å². The molecule has 0 aliphatic rings. The maximum Gasteiger partial charge on any atom is 0.105 e. The SMILES string of the molecule is CCNC(Cn1ccnc1C)c1cc(C)ccc1C. The lowest BCUT2D eigenvalue weighted by Gasteiger charge is -2.22. The molecule has 2 aromatic rings. The molecule has 2 rings (SSSR count). The highest BCUT2D eigenvalue weighted by molar-refractivity contribution is 5.33. The Labute approximate surface area is 115 Å². The van der Waals surface area contributed by atoms with Crippen LogP contribution in [0.5, 0.6) is 0 Å². The number of likely N-dealkylation sites (N-methyl/N-ethyl adjacent to an activating group) is 1. The van der Waals surface area contributed by atoms with Gasteiger partial charge in [-0.3, -0.25) is 0 Å². The zero-order valence-corrected chi connectivity index (χ0v) is 12.3. The van der Waals surface area contributed by atoms with E-state index in [0.29, 0.717) is 6.04 Å². The molecule has 0 aliphatic carbocycles. The molecule has 0 amide bonds. The van der Waals surface area contributed by atoms with Gasteiger partial charge in [-0.05, 0) is 38.4 Å². The van der Waals surface area contributed by atoms with E-state index >= 15 is 0 Å². The minimum atomic E-state index is 0.331. The summed E-state index contributed by atoms with van der Waals surface area (Å²) in [6.07, 6.45) is 3.91. The third-order valence-electron chi connectivity index (χ3n) is 3.56. The highest BCUT2D eigenvalue weighted by Crippen LogP contribution is 2.21. The van der Waals surface area contributed by atoms with Gasteiger partial charge in [0, 0.05) is 18.9 Å². The van der Waals surface area contributed by atoms with Gasteiger partial charge >= 0.3 is 0 Å². The number of hydrogen-bond acceptors (Lipinski definition) is 2. The van der Waals surface area contributed by atoms with E-state index in [9.17, 15) is 0 Å². The molecule has 0 radical (unpaired) electrons. The predicted molar refractivity (Wildman–Crippen MR) is 79.3 cm³/mol. The highest BCUT2D eigenvalue weighted by atomic mass is 15.1. The van der Waals surface area contributed by atoms with Gasteiger partial charge in [0.05, 0.1) is 6.04 Å². The normalized spacial score (nSPS) is 12.6. The number of imidazole rings is 1. The molecule has 1 N–H and O–H groups in total. The molecule has 3 heteroatoms. The average Bonchev–Trinajstić information content (AvgIpc) is 2.78. The second kappa shape index (κ2) is 6.02. The van der Waals surface area contributed by atoms with Crippen LogP contribution in [0.2, 0.25) is 0 Å². The minimum absolute atomic E-state index is 0.331. The third-order valence-corrected chi connectivity index (χ3v) is 3.56. The lowest BCUT2D eigenvalue weighted by molar-refractivity contribution is 0.467. The Bertz CT molecular complexity index is 543. The molecule has 0 spiro atoms. The number of aromatic nitrogens is 2. The van der Waals surface area contributed by atoms with E-state index in [1.807, 2.05) is 19.3 Å². The van der Waals surface area contributed by atoms with Gasteiger partial charge in [-0.25, -0.2) is 4.98 Å². The first kappa shape index (κ1) is 13.8. The maximum atomic E-state index is 4.30. The van der Waals surface area contributed by atoms with Gasteiger partial charge in [0.15, 0.2) is 0 Å². The van der Waals surface area contributed by atoms with Gasteiger partial charge in [-0.2, -0.15) is 0 Å². The zero-order chi connectivity index (χ0) is 13.8. The van der Waals surface area contributed by atoms with Crippen LogP contribution in [0, 0.1) is 20.8 Å². The van der Waals surface area contributed by atoms with Crippen LogP contribution in [-0.2, 0) is 6.54 Å². The average molecular weight is 257 g/mol. The largest absolute Gasteiger partial charge is 0.333 e. The molecule has 3 nitrogen and oxygen atoms in total. The van der Waals surface area contributed by atoms with Gasteiger partial charge in [0.2, 0.25) is 0 Å². The Morgan fingerprint density at radius 1 is 1.26 bits per heavy atom. The van der Waals surface area contributed by atoms with E-state index in [-0.39, 0.29) is 0 Å². The van der Waals surface area contributed by atoms with Crippen molar-refractivity contribution in [1.29, 1.82) is 0 Å². The Morgan fingerprint density at radius 2 is 2.05 bits per heavy atom. The molecule has 1 aromatic carbocycles. The first-order chi connectivity index (χ1) is 9.11. The molecule has 1 atom stereocenters. The summed E-state index contributed by atoms with van der Waals surface area (Å²) < 4.78 is 2.20. The zero-order valence-electron chi connectivity index (χ0n) is 12.3. The molecule has 19 heavy (non-hydrogen) atoms. The summed E-state index contributed by atoms with van der Waals surface area (Å²) >= 11 is 0. The molecule has 102 valence electrons. The highest BCUT2D eigenvalue weighted by Gasteiger charge is 2.14. The van der Waals surface area contributed by atoms with Crippen molar-refractivity contribution in [3.05, 3.63) is 53.1 Å². The van der Waals surface area contributed by atoms with Crippen LogP contribution in [0.25, 0.3) is 0 Å². The lowest BCUT2D eigenvalue weighted by atomic mass is 9.98. The van der Waals surface area contributed by atoms with E-state index in [2.05, 4.69) is 53.8 Å². The van der Waals surface area contributed by atoms with Gasteiger partial charge in [-0.1, -0.05) is 30.7 Å². The van der Waals surface area contributed by atoms with Crippen molar-refractivity contribution >= 4 is 0 Å². The Morgan fingerprint density at radius 3 is 2.68 bits per heavy atom. The first-order valence-electron chi connectivity index (χ1n) is 6.90. The number of nitrogens with one attached hydrogen (secondary N) is 1. The van der Waals surface area contributed by atoms with E-state index in [0.717, 1.165) is 18.9 Å².